The lowest BCUT2D eigenvalue weighted by molar-refractivity contribution is 0.102. The van der Waals surface area contributed by atoms with Gasteiger partial charge in [-0.1, -0.05) is 18.2 Å². The fraction of sp³-hybridized carbons (Fsp3) is 0.0909. The average Bonchev–Trinajstić information content (AvgIpc) is 2.76. The van der Waals surface area contributed by atoms with Crippen molar-refractivity contribution < 1.29 is 9.53 Å². The van der Waals surface area contributed by atoms with Crippen LogP contribution in [0.3, 0.4) is 0 Å². The summed E-state index contributed by atoms with van der Waals surface area (Å²) in [5, 5.41) is 6.97. The molecule has 4 aromatic rings. The molecular formula is C22H19N5O2. The van der Waals surface area contributed by atoms with Crippen molar-refractivity contribution in [1.29, 1.82) is 0 Å². The van der Waals surface area contributed by atoms with Gasteiger partial charge in [0.1, 0.15) is 11.4 Å². The van der Waals surface area contributed by atoms with Gasteiger partial charge in [-0.25, -0.2) is 9.97 Å². The molecule has 0 saturated heterocycles. The minimum absolute atomic E-state index is 0.254. The fourth-order valence-corrected chi connectivity index (χ4v) is 2.87. The number of ether oxygens (including phenoxy) is 1. The van der Waals surface area contributed by atoms with Gasteiger partial charge >= 0.3 is 0 Å². The highest BCUT2D eigenvalue weighted by Gasteiger charge is 2.11. The Bertz CT molecular complexity index is 1140. The number of benzene rings is 2. The zero-order valence-electron chi connectivity index (χ0n) is 15.8. The molecule has 0 fully saturated rings. The first kappa shape index (κ1) is 18.4. The first-order valence-electron chi connectivity index (χ1n) is 9.21. The van der Waals surface area contributed by atoms with Crippen molar-refractivity contribution in [3.05, 3.63) is 78.8 Å². The van der Waals surface area contributed by atoms with Crippen LogP contribution in [0.4, 0.5) is 17.3 Å². The maximum absolute atomic E-state index is 12.6. The molecule has 144 valence electrons. The number of carbonyl (C=O) groups excluding carboxylic acids is 1. The van der Waals surface area contributed by atoms with Crippen molar-refractivity contribution in [2.45, 2.75) is 6.92 Å². The highest BCUT2D eigenvalue weighted by molar-refractivity contribution is 6.03. The van der Waals surface area contributed by atoms with Crippen LogP contribution in [0.15, 0.2) is 73.1 Å². The second-order valence-electron chi connectivity index (χ2n) is 6.18. The van der Waals surface area contributed by atoms with Gasteiger partial charge in [0.05, 0.1) is 17.8 Å². The first-order valence-corrected chi connectivity index (χ1v) is 9.21. The summed E-state index contributed by atoms with van der Waals surface area (Å²) in [5.74, 6) is 0.751. The van der Waals surface area contributed by atoms with Gasteiger partial charge in [0.2, 0.25) is 5.95 Å². The number of amides is 1. The molecule has 1 amide bonds. The molecule has 0 saturated carbocycles. The third-order valence-electron chi connectivity index (χ3n) is 4.19. The molecule has 0 bridgehead atoms. The van der Waals surface area contributed by atoms with E-state index in [9.17, 15) is 4.79 Å². The zero-order valence-corrected chi connectivity index (χ0v) is 15.8. The fourth-order valence-electron chi connectivity index (χ4n) is 2.87. The third-order valence-corrected chi connectivity index (χ3v) is 4.19. The Morgan fingerprint density at radius 2 is 1.79 bits per heavy atom. The van der Waals surface area contributed by atoms with Crippen molar-refractivity contribution in [1.82, 2.24) is 15.0 Å². The quantitative estimate of drug-likeness (QED) is 0.511. The van der Waals surface area contributed by atoms with E-state index in [0.717, 1.165) is 22.3 Å². The highest BCUT2D eigenvalue weighted by Crippen LogP contribution is 2.23. The van der Waals surface area contributed by atoms with E-state index in [0.29, 0.717) is 18.2 Å². The van der Waals surface area contributed by atoms with Crippen LogP contribution < -0.4 is 15.4 Å². The standard InChI is InChI=1S/C22H19N5O2/c1-2-29-17-10-8-16(9-11-17)25-21(28)19-12-14-24-22(27-19)26-18-7-3-5-15-6-4-13-23-20(15)18/h3-14H,2H2,1H3,(H,25,28)(H,24,26,27). The summed E-state index contributed by atoms with van der Waals surface area (Å²) < 4.78 is 5.41. The molecule has 2 aromatic heterocycles. The van der Waals surface area contributed by atoms with Crippen molar-refractivity contribution in [2.75, 3.05) is 17.2 Å². The Kier molecular flexibility index (Phi) is 5.29. The molecular weight excluding hydrogens is 366 g/mol. The Morgan fingerprint density at radius 3 is 2.62 bits per heavy atom. The number of rotatable bonds is 6. The van der Waals surface area contributed by atoms with E-state index in [1.807, 2.05) is 37.3 Å². The van der Waals surface area contributed by atoms with Gasteiger partial charge in [-0.15, -0.1) is 0 Å². The minimum atomic E-state index is -0.323. The van der Waals surface area contributed by atoms with Gasteiger partial charge in [-0.2, -0.15) is 0 Å². The first-order chi connectivity index (χ1) is 14.2. The largest absolute Gasteiger partial charge is 0.494 e. The van der Waals surface area contributed by atoms with E-state index in [2.05, 4.69) is 25.6 Å². The second-order valence-corrected chi connectivity index (χ2v) is 6.18. The summed E-state index contributed by atoms with van der Waals surface area (Å²) >= 11 is 0. The monoisotopic (exact) mass is 385 g/mol. The van der Waals surface area contributed by atoms with Crippen molar-refractivity contribution in [3.8, 4) is 5.75 Å². The predicted octanol–water partition coefficient (Wildman–Crippen LogP) is 4.42. The number of hydrogen-bond donors (Lipinski definition) is 2. The number of pyridine rings is 1. The number of para-hydroxylation sites is 1. The molecule has 2 aromatic carbocycles. The van der Waals surface area contributed by atoms with Crippen LogP contribution in [-0.4, -0.2) is 27.5 Å². The lowest BCUT2D eigenvalue weighted by atomic mass is 10.2. The van der Waals surface area contributed by atoms with E-state index < -0.39 is 0 Å². The summed E-state index contributed by atoms with van der Waals surface area (Å²) in [6.07, 6.45) is 3.27. The molecule has 0 spiro atoms. The minimum Gasteiger partial charge on any atom is -0.494 e. The van der Waals surface area contributed by atoms with Crippen LogP contribution in [0, 0.1) is 0 Å². The normalized spacial score (nSPS) is 10.5. The van der Waals surface area contributed by atoms with E-state index in [1.165, 1.54) is 0 Å². The van der Waals surface area contributed by atoms with E-state index in [-0.39, 0.29) is 11.6 Å². The molecule has 0 radical (unpaired) electrons. The summed E-state index contributed by atoms with van der Waals surface area (Å²) in [5.41, 5.74) is 2.49. The number of aromatic nitrogens is 3. The van der Waals surface area contributed by atoms with Crippen LogP contribution in [-0.2, 0) is 0 Å². The number of hydrogen-bond acceptors (Lipinski definition) is 6. The second kappa shape index (κ2) is 8.35. The number of fused-ring (bicyclic) bond motifs is 1. The molecule has 2 heterocycles. The molecule has 7 nitrogen and oxygen atoms in total. The van der Waals surface area contributed by atoms with Crippen LogP contribution >= 0.6 is 0 Å². The molecule has 0 aliphatic carbocycles. The predicted molar refractivity (Wildman–Crippen MR) is 113 cm³/mol. The van der Waals surface area contributed by atoms with Gasteiger partial charge < -0.3 is 15.4 Å². The van der Waals surface area contributed by atoms with Crippen LogP contribution in [0.1, 0.15) is 17.4 Å². The Labute approximate surface area is 167 Å². The van der Waals surface area contributed by atoms with E-state index in [1.54, 1.807) is 42.7 Å². The lowest BCUT2D eigenvalue weighted by Gasteiger charge is -2.09. The summed E-state index contributed by atoms with van der Waals surface area (Å²) in [4.78, 5) is 25.5. The summed E-state index contributed by atoms with van der Waals surface area (Å²) in [7, 11) is 0. The summed E-state index contributed by atoms with van der Waals surface area (Å²) in [6, 6.07) is 18.4. The number of anilines is 3. The Morgan fingerprint density at radius 1 is 0.966 bits per heavy atom. The van der Waals surface area contributed by atoms with Crippen molar-refractivity contribution in [2.24, 2.45) is 0 Å². The maximum atomic E-state index is 12.6. The number of nitrogens with one attached hydrogen (secondary N) is 2. The number of carbonyl (C=O) groups is 1. The number of nitrogens with zero attached hydrogens (tertiary/aromatic N) is 3. The average molecular weight is 385 g/mol. The molecule has 4 rings (SSSR count). The maximum Gasteiger partial charge on any atom is 0.274 e. The molecule has 0 aliphatic heterocycles. The van der Waals surface area contributed by atoms with Gasteiger partial charge in [-0.05, 0) is 49.4 Å². The zero-order chi connectivity index (χ0) is 20.1. The van der Waals surface area contributed by atoms with Gasteiger partial charge in [0.15, 0.2) is 0 Å². The van der Waals surface area contributed by atoms with Crippen LogP contribution in [0.5, 0.6) is 5.75 Å². The van der Waals surface area contributed by atoms with Gasteiger partial charge in [0.25, 0.3) is 5.91 Å². The van der Waals surface area contributed by atoms with Gasteiger partial charge in [0, 0.05) is 23.5 Å². The van der Waals surface area contributed by atoms with Crippen LogP contribution in [0.2, 0.25) is 0 Å². The third kappa shape index (κ3) is 4.30. The Balaban J connectivity index is 1.51. The van der Waals surface area contributed by atoms with Crippen LogP contribution in [0.25, 0.3) is 10.9 Å². The topological polar surface area (TPSA) is 89.0 Å². The lowest BCUT2D eigenvalue weighted by Crippen LogP contribution is -2.14. The Hall–Kier alpha value is -4.00. The molecule has 2 N–H and O–H groups in total. The summed E-state index contributed by atoms with van der Waals surface area (Å²) in [6.45, 7) is 2.51. The van der Waals surface area contributed by atoms with Crippen molar-refractivity contribution in [3.63, 3.8) is 0 Å². The van der Waals surface area contributed by atoms with E-state index in [4.69, 9.17) is 4.74 Å². The highest BCUT2D eigenvalue weighted by atomic mass is 16.5. The van der Waals surface area contributed by atoms with Crippen molar-refractivity contribution >= 4 is 34.1 Å². The van der Waals surface area contributed by atoms with E-state index >= 15 is 0 Å². The smallest absolute Gasteiger partial charge is 0.274 e. The molecule has 29 heavy (non-hydrogen) atoms. The van der Waals surface area contributed by atoms with Gasteiger partial charge in [-0.3, -0.25) is 9.78 Å². The molecule has 0 unspecified atom stereocenters. The molecule has 0 atom stereocenters. The molecule has 0 aliphatic rings. The SMILES string of the molecule is CCOc1ccc(NC(=O)c2ccnc(Nc3cccc4cccnc34)n2)cc1. The molecule has 7 heteroatoms.